The number of hydrogen-bond acceptors (Lipinski definition) is 2. The second kappa shape index (κ2) is 5.31. The van der Waals surface area contributed by atoms with Crippen molar-refractivity contribution in [3.05, 3.63) is 34.4 Å². The van der Waals surface area contributed by atoms with Crippen LogP contribution in [0.15, 0.2) is 12.1 Å². The molecule has 0 aliphatic heterocycles. The minimum atomic E-state index is -4.69. The molecule has 0 radical (unpaired) electrons. The maximum absolute atomic E-state index is 11.5. The van der Waals surface area contributed by atoms with Gasteiger partial charge in [0.25, 0.3) is 5.52 Å². The van der Waals surface area contributed by atoms with Gasteiger partial charge in [-0.2, -0.15) is 0 Å². The Balaban J connectivity index is 0.00000225. The van der Waals surface area contributed by atoms with Gasteiger partial charge in [-0.3, -0.25) is 9.36 Å². The van der Waals surface area contributed by atoms with Crippen molar-refractivity contribution in [2.75, 3.05) is 0 Å². The summed E-state index contributed by atoms with van der Waals surface area (Å²) < 4.78 is 10.9. The van der Waals surface area contributed by atoms with Gasteiger partial charge in [-0.1, -0.05) is 17.7 Å². The molecule has 2 N–H and O–H groups in total. The Morgan fingerprint density at radius 3 is 1.81 bits per heavy atom. The average Bonchev–Trinajstić information content (AvgIpc) is 1.99. The molecule has 0 aliphatic carbocycles. The standard InChI is InChI=1S/C10H13O4P.Li.H/c1-6-4-7(2)9(8(3)5-6)10(11)15(12,13)14;;/h4-5H,1-3H3,(H2,12,13,14);;. The molecule has 0 heterocycles. The van der Waals surface area contributed by atoms with E-state index in [9.17, 15) is 9.36 Å². The fourth-order valence-electron chi connectivity index (χ4n) is 1.66. The van der Waals surface area contributed by atoms with E-state index in [4.69, 9.17) is 9.79 Å². The Hall–Kier alpha value is -0.363. The van der Waals surface area contributed by atoms with Crippen LogP contribution in [0.2, 0.25) is 0 Å². The first-order valence-corrected chi connectivity index (χ1v) is 6.03. The van der Waals surface area contributed by atoms with Gasteiger partial charge in [0.05, 0.1) is 0 Å². The predicted octanol–water partition coefficient (Wildman–Crippen LogP) is 1.28. The van der Waals surface area contributed by atoms with E-state index in [-0.39, 0.29) is 24.4 Å². The second-order valence-electron chi connectivity index (χ2n) is 3.62. The number of hydrogen-bond donors (Lipinski definition) is 2. The van der Waals surface area contributed by atoms with E-state index in [1.165, 1.54) is 0 Å². The van der Waals surface area contributed by atoms with Crippen LogP contribution >= 0.6 is 7.60 Å². The molecule has 1 rings (SSSR count). The zero-order chi connectivity index (χ0) is 11.8. The normalized spacial score (nSPS) is 10.8. The van der Waals surface area contributed by atoms with Crippen molar-refractivity contribution in [3.8, 4) is 0 Å². The van der Waals surface area contributed by atoms with Gasteiger partial charge in [0.15, 0.2) is 0 Å². The second-order valence-corrected chi connectivity index (χ2v) is 5.12. The summed E-state index contributed by atoms with van der Waals surface area (Å²) in [6.07, 6.45) is 0. The number of carbonyl (C=O) groups excluding carboxylic acids is 1. The van der Waals surface area contributed by atoms with Crippen LogP contribution in [0.4, 0.5) is 0 Å². The Labute approximate surface area is 106 Å². The third-order valence-corrected chi connectivity index (χ3v) is 2.91. The Morgan fingerprint density at radius 2 is 1.50 bits per heavy atom. The monoisotopic (exact) mass is 236 g/mol. The van der Waals surface area contributed by atoms with E-state index in [1.54, 1.807) is 26.0 Å². The first-order valence-electron chi connectivity index (χ1n) is 4.42. The van der Waals surface area contributed by atoms with Gasteiger partial charge >= 0.3 is 26.5 Å². The summed E-state index contributed by atoms with van der Waals surface area (Å²) in [6.45, 7) is 5.21. The average molecular weight is 236 g/mol. The molecular formula is C10H14LiO4P. The summed E-state index contributed by atoms with van der Waals surface area (Å²) in [5.41, 5.74) is 1.19. The molecule has 6 heteroatoms. The van der Waals surface area contributed by atoms with Gasteiger partial charge in [0.1, 0.15) is 0 Å². The summed E-state index contributed by atoms with van der Waals surface area (Å²) in [5.74, 6) is 0. The summed E-state index contributed by atoms with van der Waals surface area (Å²) in [4.78, 5) is 29.1. The summed E-state index contributed by atoms with van der Waals surface area (Å²) >= 11 is 0. The Bertz CT molecular complexity index is 441. The molecule has 0 amide bonds. The van der Waals surface area contributed by atoms with E-state index in [1.807, 2.05) is 6.92 Å². The van der Waals surface area contributed by atoms with Gasteiger partial charge in [-0.25, -0.2) is 0 Å². The Kier molecular flexibility index (Phi) is 5.19. The molecule has 0 spiro atoms. The van der Waals surface area contributed by atoms with Crippen LogP contribution in [0, 0.1) is 20.8 Å². The van der Waals surface area contributed by atoms with Crippen LogP contribution in [0.25, 0.3) is 0 Å². The van der Waals surface area contributed by atoms with Crippen LogP contribution in [0.5, 0.6) is 0 Å². The summed E-state index contributed by atoms with van der Waals surface area (Å²) in [7, 11) is -4.69. The molecule has 0 atom stereocenters. The number of aryl methyl sites for hydroxylation is 3. The van der Waals surface area contributed by atoms with Gasteiger partial charge in [-0.05, 0) is 31.9 Å². The molecule has 1 aromatic rings. The molecule has 0 saturated carbocycles. The molecule has 0 aromatic heterocycles. The van der Waals surface area contributed by atoms with Crippen LogP contribution in [-0.4, -0.2) is 34.2 Å². The van der Waals surface area contributed by atoms with Gasteiger partial charge in [0, 0.05) is 5.56 Å². The zero-order valence-electron chi connectivity index (χ0n) is 8.81. The van der Waals surface area contributed by atoms with Crippen molar-refractivity contribution in [2.45, 2.75) is 20.8 Å². The van der Waals surface area contributed by atoms with E-state index in [0.29, 0.717) is 11.1 Å². The molecule has 16 heavy (non-hydrogen) atoms. The molecule has 84 valence electrons. The summed E-state index contributed by atoms with van der Waals surface area (Å²) in [5, 5.41) is 0. The molecule has 4 nitrogen and oxygen atoms in total. The fourth-order valence-corrected chi connectivity index (χ4v) is 2.31. The third kappa shape index (κ3) is 3.31. The van der Waals surface area contributed by atoms with Crippen molar-refractivity contribution in [2.24, 2.45) is 0 Å². The third-order valence-electron chi connectivity index (χ3n) is 2.16. The van der Waals surface area contributed by atoms with E-state index in [2.05, 4.69) is 0 Å². The number of rotatable bonds is 2. The quantitative estimate of drug-likeness (QED) is 0.599. The topological polar surface area (TPSA) is 74.6 Å². The maximum atomic E-state index is 11.5. The van der Waals surface area contributed by atoms with E-state index >= 15 is 0 Å². The molecule has 0 fully saturated rings. The number of benzene rings is 1. The zero-order valence-corrected chi connectivity index (χ0v) is 9.71. The van der Waals surface area contributed by atoms with Crippen molar-refractivity contribution < 1.29 is 19.1 Å². The van der Waals surface area contributed by atoms with Crippen LogP contribution in [-0.2, 0) is 4.57 Å². The van der Waals surface area contributed by atoms with Gasteiger partial charge in [-0.15, -0.1) is 0 Å². The van der Waals surface area contributed by atoms with Crippen LogP contribution in [0.1, 0.15) is 27.0 Å². The molecule has 1 aromatic carbocycles. The first kappa shape index (κ1) is 15.6. The van der Waals surface area contributed by atoms with E-state index in [0.717, 1.165) is 5.56 Å². The van der Waals surface area contributed by atoms with Crippen LogP contribution < -0.4 is 0 Å². The van der Waals surface area contributed by atoms with E-state index < -0.39 is 13.1 Å². The molecular weight excluding hydrogens is 222 g/mol. The van der Waals surface area contributed by atoms with Crippen molar-refractivity contribution >= 4 is 32.0 Å². The molecule has 0 bridgehead atoms. The summed E-state index contributed by atoms with van der Waals surface area (Å²) in [6, 6.07) is 3.46. The molecule has 0 saturated heterocycles. The number of carbonyl (C=O) groups is 1. The van der Waals surface area contributed by atoms with Crippen molar-refractivity contribution in [3.63, 3.8) is 0 Å². The van der Waals surface area contributed by atoms with Crippen molar-refractivity contribution in [1.82, 2.24) is 0 Å². The van der Waals surface area contributed by atoms with Crippen LogP contribution in [0.3, 0.4) is 0 Å². The minimum absolute atomic E-state index is 0. The SMILES string of the molecule is Cc1cc(C)c(C(=O)P(=O)(O)O)c(C)c1.[LiH]. The van der Waals surface area contributed by atoms with Gasteiger partial charge < -0.3 is 9.79 Å². The Morgan fingerprint density at radius 1 is 1.12 bits per heavy atom. The predicted molar refractivity (Wildman–Crippen MR) is 64.2 cm³/mol. The van der Waals surface area contributed by atoms with Crippen molar-refractivity contribution in [1.29, 1.82) is 0 Å². The molecule has 0 unspecified atom stereocenters. The first-order chi connectivity index (χ1) is 6.73. The van der Waals surface area contributed by atoms with Gasteiger partial charge in [0.2, 0.25) is 0 Å². The fraction of sp³-hybridized carbons (Fsp3) is 0.300. The molecule has 0 aliphatic rings.